The largest absolute Gasteiger partial charge is 0.339 e. The van der Waals surface area contributed by atoms with Gasteiger partial charge in [0, 0.05) is 36.5 Å². The van der Waals surface area contributed by atoms with Gasteiger partial charge in [-0.1, -0.05) is 16.8 Å². The third-order valence-electron chi connectivity index (χ3n) is 3.18. The van der Waals surface area contributed by atoms with Gasteiger partial charge in [-0.2, -0.15) is 4.98 Å². The van der Waals surface area contributed by atoms with Crippen LogP contribution in [0.1, 0.15) is 12.3 Å². The molecule has 1 aromatic carbocycles. The summed E-state index contributed by atoms with van der Waals surface area (Å²) in [6.45, 7) is 0. The third-order valence-corrected chi connectivity index (χ3v) is 3.47. The van der Waals surface area contributed by atoms with Gasteiger partial charge in [-0.15, -0.1) is 0 Å². The number of benzene rings is 1. The molecule has 0 radical (unpaired) electrons. The normalized spacial score (nSPS) is 10.6. The maximum Gasteiger partial charge on any atom is 0.227 e. The first-order valence-corrected chi connectivity index (χ1v) is 7.47. The Morgan fingerprint density at radius 3 is 2.79 bits per heavy atom. The number of aryl methyl sites for hydroxylation is 1. The van der Waals surface area contributed by atoms with E-state index in [-0.39, 0.29) is 17.4 Å². The molecule has 6 nitrogen and oxygen atoms in total. The maximum atomic E-state index is 13.1. The zero-order chi connectivity index (χ0) is 16.9. The molecule has 0 aliphatic rings. The standard InChI is InChI=1S/C16H12ClFN4O2/c17-12-9-11(1-2-13(12)18)20-14(23)3-4-15-21-16(22-24-15)10-5-7-19-8-6-10/h1-2,5-9H,3-4H2,(H,20,23). The van der Waals surface area contributed by atoms with E-state index in [9.17, 15) is 9.18 Å². The molecule has 2 heterocycles. The summed E-state index contributed by atoms with van der Waals surface area (Å²) in [7, 11) is 0. The van der Waals surface area contributed by atoms with Gasteiger partial charge in [-0.3, -0.25) is 9.78 Å². The Bertz CT molecular complexity index is 854. The molecular formula is C16H12ClFN4O2. The zero-order valence-electron chi connectivity index (χ0n) is 12.4. The van der Waals surface area contributed by atoms with Crippen molar-refractivity contribution in [3.05, 3.63) is 59.5 Å². The van der Waals surface area contributed by atoms with Crippen molar-refractivity contribution in [3.8, 4) is 11.4 Å². The van der Waals surface area contributed by atoms with Crippen LogP contribution >= 0.6 is 11.6 Å². The molecule has 8 heteroatoms. The summed E-state index contributed by atoms with van der Waals surface area (Å²) in [5.74, 6) is -0.00210. The van der Waals surface area contributed by atoms with Gasteiger partial charge >= 0.3 is 0 Å². The van der Waals surface area contributed by atoms with Crippen molar-refractivity contribution < 1.29 is 13.7 Å². The molecule has 3 aromatic rings. The number of nitrogens with one attached hydrogen (secondary N) is 1. The molecule has 0 aliphatic heterocycles. The van der Waals surface area contributed by atoms with Crippen LogP contribution < -0.4 is 5.32 Å². The molecular weight excluding hydrogens is 335 g/mol. The number of aromatic nitrogens is 3. The monoisotopic (exact) mass is 346 g/mol. The van der Waals surface area contributed by atoms with E-state index in [0.717, 1.165) is 5.56 Å². The van der Waals surface area contributed by atoms with Gasteiger partial charge in [0.2, 0.25) is 17.6 Å². The molecule has 0 saturated carbocycles. The fraction of sp³-hybridized carbons (Fsp3) is 0.125. The highest BCUT2D eigenvalue weighted by molar-refractivity contribution is 6.31. The Hall–Kier alpha value is -2.80. The molecule has 0 aliphatic carbocycles. The average Bonchev–Trinajstić information content (AvgIpc) is 3.06. The number of amides is 1. The number of carbonyl (C=O) groups excluding carboxylic acids is 1. The average molecular weight is 347 g/mol. The number of halogens is 2. The van der Waals surface area contributed by atoms with Gasteiger partial charge in [0.05, 0.1) is 5.02 Å². The number of hydrogen-bond acceptors (Lipinski definition) is 5. The predicted octanol–water partition coefficient (Wildman–Crippen LogP) is 3.50. The molecule has 0 atom stereocenters. The summed E-state index contributed by atoms with van der Waals surface area (Å²) < 4.78 is 18.2. The number of rotatable bonds is 5. The first-order chi connectivity index (χ1) is 11.6. The van der Waals surface area contributed by atoms with Crippen LogP contribution in [0.4, 0.5) is 10.1 Å². The van der Waals surface area contributed by atoms with Crippen LogP contribution in [0.5, 0.6) is 0 Å². The lowest BCUT2D eigenvalue weighted by Gasteiger charge is -2.04. The molecule has 0 spiro atoms. The van der Waals surface area contributed by atoms with Gasteiger partial charge in [0.15, 0.2) is 0 Å². The lowest BCUT2D eigenvalue weighted by molar-refractivity contribution is -0.116. The molecule has 2 aromatic heterocycles. The van der Waals surface area contributed by atoms with Gasteiger partial charge in [0.25, 0.3) is 0 Å². The Morgan fingerprint density at radius 2 is 2.04 bits per heavy atom. The lowest BCUT2D eigenvalue weighted by atomic mass is 10.2. The summed E-state index contributed by atoms with van der Waals surface area (Å²) in [6, 6.07) is 7.51. The van der Waals surface area contributed by atoms with Gasteiger partial charge in [-0.25, -0.2) is 4.39 Å². The van der Waals surface area contributed by atoms with E-state index < -0.39 is 5.82 Å². The molecule has 0 saturated heterocycles. The third kappa shape index (κ3) is 3.94. The maximum absolute atomic E-state index is 13.1. The number of carbonyl (C=O) groups is 1. The van der Waals surface area contributed by atoms with E-state index in [2.05, 4.69) is 20.4 Å². The summed E-state index contributed by atoms with van der Waals surface area (Å²) in [5, 5.41) is 6.45. The Morgan fingerprint density at radius 1 is 1.25 bits per heavy atom. The number of anilines is 1. The van der Waals surface area contributed by atoms with Crippen molar-refractivity contribution in [1.29, 1.82) is 0 Å². The molecule has 0 bridgehead atoms. The highest BCUT2D eigenvalue weighted by atomic mass is 35.5. The molecule has 0 fully saturated rings. The molecule has 1 amide bonds. The van der Waals surface area contributed by atoms with E-state index in [4.69, 9.17) is 16.1 Å². The molecule has 0 unspecified atom stereocenters. The Kier molecular flexibility index (Phi) is 4.81. The van der Waals surface area contributed by atoms with Crippen LogP contribution in [0.15, 0.2) is 47.2 Å². The minimum atomic E-state index is -0.538. The SMILES string of the molecule is O=C(CCc1nc(-c2ccncc2)no1)Nc1ccc(F)c(Cl)c1. The number of pyridine rings is 1. The van der Waals surface area contributed by atoms with Gasteiger partial charge in [0.1, 0.15) is 5.82 Å². The lowest BCUT2D eigenvalue weighted by Crippen LogP contribution is -2.12. The second-order valence-electron chi connectivity index (χ2n) is 4.92. The highest BCUT2D eigenvalue weighted by Crippen LogP contribution is 2.20. The minimum absolute atomic E-state index is 0.0494. The van der Waals surface area contributed by atoms with Crippen molar-refractivity contribution in [2.24, 2.45) is 0 Å². The first kappa shape index (κ1) is 16.1. The van der Waals surface area contributed by atoms with Crippen molar-refractivity contribution in [2.45, 2.75) is 12.8 Å². The van der Waals surface area contributed by atoms with E-state index in [1.807, 2.05) is 0 Å². The fourth-order valence-corrected chi connectivity index (χ4v) is 2.17. The summed E-state index contributed by atoms with van der Waals surface area (Å²) in [4.78, 5) is 20.1. The predicted molar refractivity (Wildman–Crippen MR) is 85.9 cm³/mol. The topological polar surface area (TPSA) is 80.9 Å². The van der Waals surface area contributed by atoms with E-state index in [1.54, 1.807) is 24.5 Å². The van der Waals surface area contributed by atoms with Crippen molar-refractivity contribution in [1.82, 2.24) is 15.1 Å². The van der Waals surface area contributed by atoms with Gasteiger partial charge in [-0.05, 0) is 30.3 Å². The second kappa shape index (κ2) is 7.18. The first-order valence-electron chi connectivity index (χ1n) is 7.10. The highest BCUT2D eigenvalue weighted by Gasteiger charge is 2.11. The van der Waals surface area contributed by atoms with Crippen LogP contribution in [-0.2, 0) is 11.2 Å². The van der Waals surface area contributed by atoms with Crippen LogP contribution in [-0.4, -0.2) is 21.0 Å². The van der Waals surface area contributed by atoms with Crippen LogP contribution in [0.2, 0.25) is 5.02 Å². The summed E-state index contributed by atoms with van der Waals surface area (Å²) in [5.41, 5.74) is 1.21. The van der Waals surface area contributed by atoms with Gasteiger partial charge < -0.3 is 9.84 Å². The minimum Gasteiger partial charge on any atom is -0.339 e. The van der Waals surface area contributed by atoms with Crippen molar-refractivity contribution in [3.63, 3.8) is 0 Å². The summed E-state index contributed by atoms with van der Waals surface area (Å²) in [6.07, 6.45) is 3.70. The Labute approximate surface area is 141 Å². The molecule has 24 heavy (non-hydrogen) atoms. The van der Waals surface area contributed by atoms with Crippen molar-refractivity contribution >= 4 is 23.2 Å². The fourth-order valence-electron chi connectivity index (χ4n) is 1.99. The van der Waals surface area contributed by atoms with E-state index in [0.29, 0.717) is 23.8 Å². The number of hydrogen-bond donors (Lipinski definition) is 1. The van der Waals surface area contributed by atoms with Crippen LogP contribution in [0.3, 0.4) is 0 Å². The zero-order valence-corrected chi connectivity index (χ0v) is 13.1. The van der Waals surface area contributed by atoms with E-state index in [1.165, 1.54) is 18.2 Å². The smallest absolute Gasteiger partial charge is 0.227 e. The molecule has 3 rings (SSSR count). The molecule has 1 N–H and O–H groups in total. The summed E-state index contributed by atoms with van der Waals surface area (Å²) >= 11 is 5.67. The van der Waals surface area contributed by atoms with Crippen LogP contribution in [0, 0.1) is 5.82 Å². The second-order valence-corrected chi connectivity index (χ2v) is 5.33. The van der Waals surface area contributed by atoms with E-state index >= 15 is 0 Å². The Balaban J connectivity index is 1.56. The quantitative estimate of drug-likeness (QED) is 0.764. The number of nitrogens with zero attached hydrogens (tertiary/aromatic N) is 3. The van der Waals surface area contributed by atoms with Crippen molar-refractivity contribution in [2.75, 3.05) is 5.32 Å². The molecule has 122 valence electrons. The van der Waals surface area contributed by atoms with Crippen LogP contribution in [0.25, 0.3) is 11.4 Å².